The van der Waals surface area contributed by atoms with Crippen LogP contribution in [0.1, 0.15) is 43.0 Å². The zero-order chi connectivity index (χ0) is 21.8. The molecule has 154 valence electrons. The number of hydrogen-bond acceptors (Lipinski definition) is 0. The van der Waals surface area contributed by atoms with E-state index in [1.807, 2.05) is 0 Å². The third kappa shape index (κ3) is 1.82. The van der Waals surface area contributed by atoms with E-state index >= 15 is 0 Å². The zero-order valence-corrected chi connectivity index (χ0v) is 19.5. The first kappa shape index (κ1) is 18.9. The molecular formula is C29H30BN. The van der Waals surface area contributed by atoms with Crippen LogP contribution in [0.5, 0.6) is 0 Å². The van der Waals surface area contributed by atoms with Gasteiger partial charge in [-0.1, -0.05) is 93.4 Å². The molecule has 0 N–H and O–H groups in total. The number of aryl methyl sites for hydroxylation is 3. The van der Waals surface area contributed by atoms with E-state index in [0.29, 0.717) is 0 Å². The van der Waals surface area contributed by atoms with Crippen LogP contribution in [0.3, 0.4) is 0 Å². The minimum absolute atomic E-state index is 0.0209. The lowest BCUT2D eigenvalue weighted by Gasteiger charge is -2.38. The lowest BCUT2D eigenvalue weighted by Crippen LogP contribution is -2.71. The van der Waals surface area contributed by atoms with Crippen LogP contribution in [0.2, 0.25) is 5.31 Å². The van der Waals surface area contributed by atoms with Gasteiger partial charge in [0.2, 0.25) is 0 Å². The summed E-state index contributed by atoms with van der Waals surface area (Å²) in [6, 6.07) is 20.7. The number of rotatable bonds is 1. The molecule has 3 aliphatic rings. The van der Waals surface area contributed by atoms with Gasteiger partial charge in [-0.15, -0.1) is 11.5 Å². The Bertz CT molecular complexity index is 1340. The Morgan fingerprint density at radius 2 is 1.52 bits per heavy atom. The number of pyridine rings is 1. The second-order valence-corrected chi connectivity index (χ2v) is 10.5. The second kappa shape index (κ2) is 5.68. The van der Waals surface area contributed by atoms with Crippen LogP contribution in [0.15, 0.2) is 84.1 Å². The van der Waals surface area contributed by atoms with Crippen LogP contribution in [-0.2, 0) is 5.31 Å². The summed E-state index contributed by atoms with van der Waals surface area (Å²) in [5.74, 6) is 0. The lowest BCUT2D eigenvalue weighted by molar-refractivity contribution is -0.530. The Kier molecular flexibility index (Phi) is 3.46. The Hall–Kier alpha value is -2.87. The topological polar surface area (TPSA) is 3.88 Å². The second-order valence-electron chi connectivity index (χ2n) is 10.5. The average Bonchev–Trinajstić information content (AvgIpc) is 3.23. The molecule has 2 aromatic carbocycles. The number of fused-ring (bicyclic) bond motifs is 5. The molecule has 3 heterocycles. The monoisotopic (exact) mass is 403 g/mol. The summed E-state index contributed by atoms with van der Waals surface area (Å²) in [4.78, 5) is 0. The quantitative estimate of drug-likeness (QED) is 0.457. The van der Waals surface area contributed by atoms with Gasteiger partial charge in [0.25, 0.3) is 0 Å². The van der Waals surface area contributed by atoms with Crippen molar-refractivity contribution in [3.63, 3.8) is 0 Å². The summed E-state index contributed by atoms with van der Waals surface area (Å²) in [5.41, 5.74) is 12.9. The molecule has 1 aliphatic carbocycles. The molecule has 2 heteroatoms. The summed E-state index contributed by atoms with van der Waals surface area (Å²) < 4.78 is 2.68. The van der Waals surface area contributed by atoms with E-state index in [9.17, 15) is 0 Å². The minimum atomic E-state index is -1.13. The fourth-order valence-corrected chi connectivity index (χ4v) is 8.61. The highest BCUT2D eigenvalue weighted by atomic mass is 15.0. The lowest BCUT2D eigenvalue weighted by atomic mass is 9.34. The summed E-state index contributed by atoms with van der Waals surface area (Å²) in [6.07, 6.45) is 6.25. The van der Waals surface area contributed by atoms with E-state index in [-0.39, 0.29) is 10.6 Å². The molecule has 6 rings (SSSR count). The molecule has 0 radical (unpaired) electrons. The predicted octanol–water partition coefficient (Wildman–Crippen LogP) is 5.74. The Labute approximate surface area is 186 Å². The maximum absolute atomic E-state index is 2.68. The fourth-order valence-electron chi connectivity index (χ4n) is 8.61. The Balaban J connectivity index is 1.87. The van der Waals surface area contributed by atoms with Gasteiger partial charge < -0.3 is 4.48 Å². The van der Waals surface area contributed by atoms with Crippen LogP contribution in [0, 0.1) is 20.8 Å². The van der Waals surface area contributed by atoms with Crippen molar-refractivity contribution in [2.24, 2.45) is 0 Å². The molecule has 3 aromatic rings. The highest BCUT2D eigenvalue weighted by Crippen LogP contribution is 2.81. The fraction of sp³-hybridized carbons (Fsp3) is 0.276. The van der Waals surface area contributed by atoms with Gasteiger partial charge in [-0.25, -0.2) is 0 Å². The van der Waals surface area contributed by atoms with E-state index in [1.54, 1.807) is 5.46 Å². The van der Waals surface area contributed by atoms with E-state index in [2.05, 4.69) is 119 Å². The van der Waals surface area contributed by atoms with Gasteiger partial charge in [0.15, 0.2) is 5.69 Å². The first-order valence-corrected chi connectivity index (χ1v) is 11.5. The van der Waals surface area contributed by atoms with Gasteiger partial charge in [0.1, 0.15) is 6.20 Å². The van der Waals surface area contributed by atoms with Crippen LogP contribution in [0.25, 0.3) is 11.3 Å². The molecule has 2 aliphatic heterocycles. The third-order valence-corrected chi connectivity index (χ3v) is 8.95. The maximum atomic E-state index is 2.68. The summed E-state index contributed by atoms with van der Waals surface area (Å²) >= 11 is 0. The molecule has 1 aromatic heterocycles. The number of allylic oxidation sites excluding steroid dienone is 4. The summed E-state index contributed by atoms with van der Waals surface area (Å²) in [5, 5.41) is 0.000962. The molecule has 0 saturated carbocycles. The molecule has 3 unspecified atom stereocenters. The van der Waals surface area contributed by atoms with Crippen LogP contribution in [0.4, 0.5) is 0 Å². The smallest absolute Gasteiger partial charge is 0.325 e. The highest BCUT2D eigenvalue weighted by Gasteiger charge is 2.88. The van der Waals surface area contributed by atoms with Gasteiger partial charge in [0, 0.05) is 11.6 Å². The van der Waals surface area contributed by atoms with Crippen LogP contribution in [-0.4, -0.2) is 6.28 Å². The minimum Gasteiger partial charge on any atom is -0.415 e. The molecule has 3 atom stereocenters. The van der Waals surface area contributed by atoms with Crippen molar-refractivity contribution >= 4 is 11.7 Å². The Morgan fingerprint density at radius 1 is 0.839 bits per heavy atom. The molecular weight excluding hydrogens is 373 g/mol. The van der Waals surface area contributed by atoms with Gasteiger partial charge in [-0.2, -0.15) is 0 Å². The number of nitrogens with zero attached hydrogens (tertiary/aromatic N) is 1. The Morgan fingerprint density at radius 3 is 2.26 bits per heavy atom. The largest absolute Gasteiger partial charge is 0.415 e. The van der Waals surface area contributed by atoms with Crippen molar-refractivity contribution in [2.45, 2.75) is 52.2 Å². The SMILES string of the molecule is CC1=CC2(C)[B-]3(c4c(C)cc(C)cc4C)[n+]4ccccc4-c4ccccc4C32C(C)=C1. The summed E-state index contributed by atoms with van der Waals surface area (Å²) in [7, 11) is 0. The van der Waals surface area contributed by atoms with Gasteiger partial charge in [-0.3, -0.25) is 0 Å². The number of benzene rings is 2. The normalized spacial score (nSPS) is 29.7. The molecule has 1 nitrogen and oxygen atoms in total. The van der Waals surface area contributed by atoms with Gasteiger partial charge in [-0.05, 0) is 46.8 Å². The predicted molar refractivity (Wildman–Crippen MR) is 131 cm³/mol. The molecule has 1 fully saturated rings. The van der Waals surface area contributed by atoms with Crippen molar-refractivity contribution < 1.29 is 4.48 Å². The molecule has 1 spiro atoms. The maximum Gasteiger partial charge on any atom is 0.325 e. The third-order valence-electron chi connectivity index (χ3n) is 8.95. The van der Waals surface area contributed by atoms with Gasteiger partial charge >= 0.3 is 6.28 Å². The molecule has 0 bridgehead atoms. The van der Waals surface area contributed by atoms with E-state index in [1.165, 1.54) is 44.7 Å². The van der Waals surface area contributed by atoms with Gasteiger partial charge in [0.05, 0.1) is 0 Å². The van der Waals surface area contributed by atoms with E-state index < -0.39 is 6.28 Å². The van der Waals surface area contributed by atoms with Crippen molar-refractivity contribution in [3.05, 3.63) is 106 Å². The number of aromatic nitrogens is 1. The molecule has 1 saturated heterocycles. The average molecular weight is 403 g/mol. The standard InChI is InChI=1S/C29H30BN/c1-19-15-21(3)27(22(4)16-19)30-28(6)18-20(2)17-23(5)29(28,30)25-12-8-7-11-24(25)26-13-9-10-14-31(26)30/h7-18H,1-6H3. The number of hydrogen-bond donors (Lipinski definition) is 0. The highest BCUT2D eigenvalue weighted by molar-refractivity contribution is 7.02. The molecule has 31 heavy (non-hydrogen) atoms. The van der Waals surface area contributed by atoms with Crippen molar-refractivity contribution in [3.8, 4) is 11.3 Å². The summed E-state index contributed by atoms with van der Waals surface area (Å²) in [6.45, 7) is 14.0. The zero-order valence-electron chi connectivity index (χ0n) is 19.5. The van der Waals surface area contributed by atoms with Crippen molar-refractivity contribution in [2.75, 3.05) is 0 Å². The van der Waals surface area contributed by atoms with Crippen LogP contribution >= 0.6 is 0 Å². The molecule has 0 amide bonds. The van der Waals surface area contributed by atoms with E-state index in [0.717, 1.165) is 0 Å². The van der Waals surface area contributed by atoms with E-state index in [4.69, 9.17) is 0 Å². The van der Waals surface area contributed by atoms with Crippen molar-refractivity contribution in [1.29, 1.82) is 0 Å². The van der Waals surface area contributed by atoms with Crippen molar-refractivity contribution in [1.82, 2.24) is 0 Å². The first-order chi connectivity index (χ1) is 14.8. The van der Waals surface area contributed by atoms with Crippen LogP contribution < -0.4 is 9.94 Å². The first-order valence-electron chi connectivity index (χ1n) is 11.5.